The molecule has 0 radical (unpaired) electrons. The minimum absolute atomic E-state index is 0.200. The number of carbonyl (C=O) groups excluding carboxylic acids is 1. The Hall–Kier alpha value is -4.99. The van der Waals surface area contributed by atoms with Gasteiger partial charge < -0.3 is 30.9 Å². The van der Waals surface area contributed by atoms with Gasteiger partial charge in [0.2, 0.25) is 11.9 Å². The van der Waals surface area contributed by atoms with Gasteiger partial charge in [-0.15, -0.1) is 0 Å². The molecule has 1 atom stereocenters. The number of aryl methyl sites for hydroxylation is 1. The number of aromatic amines is 1. The van der Waals surface area contributed by atoms with Crippen LogP contribution >= 0.6 is 0 Å². The van der Waals surface area contributed by atoms with Gasteiger partial charge in [-0.25, -0.2) is 9.97 Å². The number of nitrogens with one attached hydrogen (secondary N) is 4. The topological polar surface area (TPSA) is 118 Å². The van der Waals surface area contributed by atoms with Gasteiger partial charge in [0.05, 0.1) is 5.69 Å². The van der Waals surface area contributed by atoms with E-state index in [-0.39, 0.29) is 5.91 Å². The third-order valence-electron chi connectivity index (χ3n) is 6.47. The van der Waals surface area contributed by atoms with Gasteiger partial charge in [-0.05, 0) is 63.0 Å². The van der Waals surface area contributed by atoms with Crippen molar-refractivity contribution >= 4 is 39.8 Å². The highest BCUT2D eigenvalue weighted by Gasteiger charge is 2.13. The summed E-state index contributed by atoms with van der Waals surface area (Å²) in [6.07, 6.45) is 6.15. The van der Waals surface area contributed by atoms with Crippen LogP contribution in [0.15, 0.2) is 97.3 Å². The van der Waals surface area contributed by atoms with Crippen molar-refractivity contribution in [1.82, 2.24) is 19.9 Å². The van der Waals surface area contributed by atoms with E-state index in [2.05, 4.69) is 32.0 Å². The summed E-state index contributed by atoms with van der Waals surface area (Å²) in [5, 5.41) is 21.1. The van der Waals surface area contributed by atoms with Crippen LogP contribution in [0, 0.1) is 6.92 Å². The Morgan fingerprint density at radius 3 is 2.61 bits per heavy atom. The van der Waals surface area contributed by atoms with Crippen LogP contribution in [0.1, 0.15) is 17.4 Å². The zero-order valence-electron chi connectivity index (χ0n) is 23.2. The van der Waals surface area contributed by atoms with E-state index in [0.717, 1.165) is 39.1 Å². The molecule has 3 aromatic carbocycles. The second-order valence-corrected chi connectivity index (χ2v) is 10.0. The maximum absolute atomic E-state index is 12.1. The summed E-state index contributed by atoms with van der Waals surface area (Å²) < 4.78 is 0. The molecule has 2 heterocycles. The van der Waals surface area contributed by atoms with E-state index >= 15 is 0 Å². The van der Waals surface area contributed by atoms with Crippen LogP contribution in [-0.4, -0.2) is 51.5 Å². The Balaban J connectivity index is 1.24. The predicted octanol–water partition coefficient (Wildman–Crippen LogP) is 5.84. The van der Waals surface area contributed by atoms with Crippen LogP contribution in [0.2, 0.25) is 0 Å². The molecular formula is C32H33N7O2. The number of amides is 1. The van der Waals surface area contributed by atoms with Crippen LogP contribution < -0.4 is 16.0 Å². The summed E-state index contributed by atoms with van der Waals surface area (Å²) in [6.45, 7) is 2.68. The predicted molar refractivity (Wildman–Crippen MR) is 165 cm³/mol. The SMILES string of the molecule is Cc1cnc(Nc2cccc(NC(O)c3ccc(NC(=O)/C=C/CN(C)C)cc3)c2)nc1-c1c[nH]c2ccccc12. The number of fused-ring (bicyclic) bond motifs is 1. The zero-order chi connectivity index (χ0) is 28.8. The number of anilines is 4. The number of para-hydroxylation sites is 1. The molecule has 0 spiro atoms. The quantitative estimate of drug-likeness (QED) is 0.110. The van der Waals surface area contributed by atoms with E-state index in [4.69, 9.17) is 4.98 Å². The van der Waals surface area contributed by atoms with Crippen LogP contribution in [-0.2, 0) is 4.79 Å². The van der Waals surface area contributed by atoms with Gasteiger partial charge in [0.1, 0.15) is 0 Å². The van der Waals surface area contributed by atoms with Crippen molar-refractivity contribution in [3.63, 3.8) is 0 Å². The van der Waals surface area contributed by atoms with Gasteiger partial charge in [0, 0.05) is 64.1 Å². The molecule has 9 heteroatoms. The first-order valence-electron chi connectivity index (χ1n) is 13.3. The maximum atomic E-state index is 12.1. The molecule has 208 valence electrons. The fraction of sp³-hybridized carbons (Fsp3) is 0.156. The number of nitrogens with zero attached hydrogens (tertiary/aromatic N) is 3. The molecule has 5 N–H and O–H groups in total. The van der Waals surface area contributed by atoms with Crippen molar-refractivity contribution in [3.8, 4) is 11.3 Å². The first-order valence-corrected chi connectivity index (χ1v) is 13.3. The van der Waals surface area contributed by atoms with Gasteiger partial charge in [-0.1, -0.05) is 42.5 Å². The summed E-state index contributed by atoms with van der Waals surface area (Å²) in [6, 6.07) is 22.7. The normalized spacial score (nSPS) is 12.1. The average molecular weight is 548 g/mol. The fourth-order valence-electron chi connectivity index (χ4n) is 4.40. The van der Waals surface area contributed by atoms with E-state index in [0.29, 0.717) is 23.7 Å². The minimum Gasteiger partial charge on any atom is -0.369 e. The number of aliphatic hydroxyl groups is 1. The second kappa shape index (κ2) is 12.5. The molecule has 0 aliphatic carbocycles. The van der Waals surface area contributed by atoms with Gasteiger partial charge in [-0.3, -0.25) is 4.79 Å². The van der Waals surface area contributed by atoms with E-state index in [9.17, 15) is 9.90 Å². The number of carbonyl (C=O) groups is 1. The van der Waals surface area contributed by atoms with Crippen molar-refractivity contribution < 1.29 is 9.90 Å². The number of hydrogen-bond acceptors (Lipinski definition) is 7. The Morgan fingerprint density at radius 1 is 1.02 bits per heavy atom. The summed E-state index contributed by atoms with van der Waals surface area (Å²) in [5.74, 6) is 0.275. The molecule has 41 heavy (non-hydrogen) atoms. The third-order valence-corrected chi connectivity index (χ3v) is 6.47. The molecule has 5 aromatic rings. The lowest BCUT2D eigenvalue weighted by molar-refractivity contribution is -0.111. The highest BCUT2D eigenvalue weighted by atomic mass is 16.3. The van der Waals surface area contributed by atoms with Crippen LogP contribution in [0.25, 0.3) is 22.2 Å². The summed E-state index contributed by atoms with van der Waals surface area (Å²) in [4.78, 5) is 26.6. The lowest BCUT2D eigenvalue weighted by Crippen LogP contribution is -2.13. The number of rotatable bonds is 10. The lowest BCUT2D eigenvalue weighted by atomic mass is 10.1. The molecule has 0 saturated heterocycles. The Morgan fingerprint density at radius 2 is 1.80 bits per heavy atom. The van der Waals surface area contributed by atoms with Gasteiger partial charge in [0.25, 0.3) is 0 Å². The number of H-pyrrole nitrogens is 1. The van der Waals surface area contributed by atoms with E-state index in [1.807, 2.05) is 80.8 Å². The number of aliphatic hydroxyl groups excluding tert-OH is 1. The molecule has 0 fully saturated rings. The summed E-state index contributed by atoms with van der Waals surface area (Å²) in [5.41, 5.74) is 6.71. The minimum atomic E-state index is -0.945. The molecule has 0 saturated carbocycles. The van der Waals surface area contributed by atoms with E-state index in [1.165, 1.54) is 6.08 Å². The van der Waals surface area contributed by atoms with Crippen molar-refractivity contribution in [2.45, 2.75) is 13.2 Å². The van der Waals surface area contributed by atoms with Gasteiger partial charge in [-0.2, -0.15) is 0 Å². The standard InChI is InChI=1S/C32H33N7O2/c1-21-19-34-32(38-30(21)27-20-33-28-11-5-4-10-26(27)28)37-25-9-6-8-24(18-25)36-31(41)22-13-15-23(16-14-22)35-29(40)12-7-17-39(2)3/h4-16,18-20,31,33,36,41H,17H2,1-3H3,(H,35,40)(H,34,37,38)/b12-7+. The third kappa shape index (κ3) is 6.96. The largest absolute Gasteiger partial charge is 0.369 e. The highest BCUT2D eigenvalue weighted by Crippen LogP contribution is 2.30. The van der Waals surface area contributed by atoms with Crippen molar-refractivity contribution in [2.75, 3.05) is 36.6 Å². The Kier molecular flexibility index (Phi) is 8.38. The number of hydrogen-bond donors (Lipinski definition) is 5. The first-order chi connectivity index (χ1) is 19.9. The van der Waals surface area contributed by atoms with Crippen LogP contribution in [0.5, 0.6) is 0 Å². The lowest BCUT2D eigenvalue weighted by Gasteiger charge is -2.16. The second-order valence-electron chi connectivity index (χ2n) is 10.0. The van der Waals surface area contributed by atoms with Crippen molar-refractivity contribution in [1.29, 1.82) is 0 Å². The first kappa shape index (κ1) is 27.6. The van der Waals surface area contributed by atoms with Crippen LogP contribution in [0.3, 0.4) is 0 Å². The number of benzene rings is 3. The molecule has 1 unspecified atom stereocenters. The van der Waals surface area contributed by atoms with Crippen molar-refractivity contribution in [3.05, 3.63) is 108 Å². The van der Waals surface area contributed by atoms with E-state index in [1.54, 1.807) is 30.3 Å². The molecule has 0 aliphatic rings. The molecular weight excluding hydrogens is 514 g/mol. The highest BCUT2D eigenvalue weighted by molar-refractivity contribution is 5.99. The summed E-state index contributed by atoms with van der Waals surface area (Å²) >= 11 is 0. The molecule has 9 nitrogen and oxygen atoms in total. The number of aromatic nitrogens is 3. The smallest absolute Gasteiger partial charge is 0.248 e. The maximum Gasteiger partial charge on any atom is 0.248 e. The molecule has 2 aromatic heterocycles. The Labute approximate surface area is 239 Å². The van der Waals surface area contributed by atoms with Crippen molar-refractivity contribution in [2.24, 2.45) is 0 Å². The van der Waals surface area contributed by atoms with Crippen LogP contribution in [0.4, 0.5) is 23.0 Å². The number of likely N-dealkylation sites (N-methyl/N-ethyl adjacent to an activating group) is 1. The molecule has 0 aliphatic heterocycles. The molecule has 5 rings (SSSR count). The summed E-state index contributed by atoms with van der Waals surface area (Å²) in [7, 11) is 3.88. The fourth-order valence-corrected chi connectivity index (χ4v) is 4.40. The Bertz CT molecular complexity index is 1680. The van der Waals surface area contributed by atoms with Gasteiger partial charge in [0.15, 0.2) is 6.23 Å². The molecule has 0 bridgehead atoms. The van der Waals surface area contributed by atoms with E-state index < -0.39 is 6.23 Å². The molecule has 1 amide bonds. The van der Waals surface area contributed by atoms with Gasteiger partial charge >= 0.3 is 0 Å². The zero-order valence-corrected chi connectivity index (χ0v) is 23.2. The average Bonchev–Trinajstić information content (AvgIpc) is 3.38. The monoisotopic (exact) mass is 547 g/mol.